The molecule has 0 atom stereocenters. The molecule has 2 heterocycles. The molecule has 0 fully saturated rings. The predicted molar refractivity (Wildman–Crippen MR) is 60.8 cm³/mol. The summed E-state index contributed by atoms with van der Waals surface area (Å²) in [6, 6.07) is 2.12. The van der Waals surface area contributed by atoms with E-state index in [4.69, 9.17) is 0 Å². The van der Waals surface area contributed by atoms with Crippen molar-refractivity contribution in [2.24, 2.45) is 7.05 Å². The minimum atomic E-state index is 0.301. The first-order valence-corrected chi connectivity index (χ1v) is 5.11. The Morgan fingerprint density at radius 2 is 2.19 bits per heavy atom. The number of aromatic nitrogens is 5. The summed E-state index contributed by atoms with van der Waals surface area (Å²) in [5.74, 6) is 1.34. The fourth-order valence-corrected chi connectivity index (χ4v) is 1.33. The number of hydrogen-bond acceptors (Lipinski definition) is 5. The Morgan fingerprint density at radius 3 is 2.81 bits per heavy atom. The standard InChI is InChI=1S/C10H14N6/c1-7(2)13-10-11-5-4-8(14-10)9-15-12-6-16(9)3/h4-7H,1-3H3,(H,11,13,14). The minimum absolute atomic E-state index is 0.301. The summed E-state index contributed by atoms with van der Waals surface area (Å²) < 4.78 is 1.82. The molecule has 0 unspecified atom stereocenters. The summed E-state index contributed by atoms with van der Waals surface area (Å²) >= 11 is 0. The molecule has 0 saturated carbocycles. The van der Waals surface area contributed by atoms with Gasteiger partial charge in [0.1, 0.15) is 12.0 Å². The van der Waals surface area contributed by atoms with Crippen molar-refractivity contribution in [1.82, 2.24) is 24.7 Å². The fraction of sp³-hybridized carbons (Fsp3) is 0.400. The van der Waals surface area contributed by atoms with Gasteiger partial charge in [0.2, 0.25) is 5.95 Å². The van der Waals surface area contributed by atoms with Crippen molar-refractivity contribution >= 4 is 5.95 Å². The third-order valence-electron chi connectivity index (χ3n) is 2.01. The number of aryl methyl sites for hydroxylation is 1. The lowest BCUT2D eigenvalue weighted by Gasteiger charge is -2.08. The number of nitrogens with one attached hydrogen (secondary N) is 1. The quantitative estimate of drug-likeness (QED) is 0.835. The second-order valence-electron chi connectivity index (χ2n) is 3.83. The first-order chi connectivity index (χ1) is 7.66. The monoisotopic (exact) mass is 218 g/mol. The Hall–Kier alpha value is -1.98. The molecular formula is C10H14N6. The highest BCUT2D eigenvalue weighted by Gasteiger charge is 2.07. The number of hydrogen-bond donors (Lipinski definition) is 1. The number of nitrogens with zero attached hydrogens (tertiary/aromatic N) is 5. The average Bonchev–Trinajstić information content (AvgIpc) is 2.64. The second kappa shape index (κ2) is 4.26. The van der Waals surface area contributed by atoms with E-state index in [1.165, 1.54) is 0 Å². The summed E-state index contributed by atoms with van der Waals surface area (Å²) in [7, 11) is 1.88. The van der Waals surface area contributed by atoms with Crippen LogP contribution in [0.4, 0.5) is 5.95 Å². The van der Waals surface area contributed by atoms with Crippen LogP contribution in [0.5, 0.6) is 0 Å². The van der Waals surface area contributed by atoms with Gasteiger partial charge in [-0.25, -0.2) is 9.97 Å². The topological polar surface area (TPSA) is 68.5 Å². The maximum atomic E-state index is 4.37. The van der Waals surface area contributed by atoms with Crippen molar-refractivity contribution in [1.29, 1.82) is 0 Å². The minimum Gasteiger partial charge on any atom is -0.352 e. The highest BCUT2D eigenvalue weighted by atomic mass is 15.3. The molecule has 2 aromatic rings. The average molecular weight is 218 g/mol. The van der Waals surface area contributed by atoms with E-state index in [0.717, 1.165) is 11.5 Å². The fourth-order valence-electron chi connectivity index (χ4n) is 1.33. The van der Waals surface area contributed by atoms with E-state index in [2.05, 4.69) is 25.5 Å². The van der Waals surface area contributed by atoms with Crippen LogP contribution in [-0.2, 0) is 7.05 Å². The van der Waals surface area contributed by atoms with Crippen LogP contribution >= 0.6 is 0 Å². The first-order valence-electron chi connectivity index (χ1n) is 5.11. The van der Waals surface area contributed by atoms with E-state index in [0.29, 0.717) is 12.0 Å². The van der Waals surface area contributed by atoms with Crippen molar-refractivity contribution in [2.45, 2.75) is 19.9 Å². The second-order valence-corrected chi connectivity index (χ2v) is 3.83. The predicted octanol–water partition coefficient (Wildman–Crippen LogP) is 1.09. The summed E-state index contributed by atoms with van der Waals surface area (Å²) in [6.07, 6.45) is 3.36. The van der Waals surface area contributed by atoms with E-state index in [-0.39, 0.29) is 0 Å². The molecule has 0 bridgehead atoms. The third-order valence-corrected chi connectivity index (χ3v) is 2.01. The molecule has 0 amide bonds. The van der Waals surface area contributed by atoms with Gasteiger partial charge in [0.15, 0.2) is 5.82 Å². The molecule has 2 rings (SSSR count). The van der Waals surface area contributed by atoms with Crippen molar-refractivity contribution < 1.29 is 0 Å². The molecule has 0 radical (unpaired) electrons. The van der Waals surface area contributed by atoms with E-state index in [1.807, 2.05) is 31.5 Å². The van der Waals surface area contributed by atoms with Gasteiger partial charge in [0.25, 0.3) is 0 Å². The largest absolute Gasteiger partial charge is 0.352 e. The van der Waals surface area contributed by atoms with Crippen LogP contribution in [0.25, 0.3) is 11.5 Å². The van der Waals surface area contributed by atoms with Crippen LogP contribution < -0.4 is 5.32 Å². The van der Waals surface area contributed by atoms with Gasteiger partial charge in [-0.3, -0.25) is 0 Å². The van der Waals surface area contributed by atoms with Crippen LogP contribution in [0, 0.1) is 0 Å². The zero-order chi connectivity index (χ0) is 11.5. The van der Waals surface area contributed by atoms with Crippen LogP contribution in [0.15, 0.2) is 18.6 Å². The molecule has 84 valence electrons. The van der Waals surface area contributed by atoms with Crippen LogP contribution in [0.3, 0.4) is 0 Å². The molecule has 0 aliphatic rings. The zero-order valence-electron chi connectivity index (χ0n) is 9.55. The van der Waals surface area contributed by atoms with Crippen molar-refractivity contribution in [3.63, 3.8) is 0 Å². The Labute approximate surface area is 93.8 Å². The lowest BCUT2D eigenvalue weighted by molar-refractivity contribution is 0.870. The van der Waals surface area contributed by atoms with E-state index in [9.17, 15) is 0 Å². The smallest absolute Gasteiger partial charge is 0.223 e. The normalized spacial score (nSPS) is 10.8. The molecule has 0 aliphatic carbocycles. The van der Waals surface area contributed by atoms with E-state index in [1.54, 1.807) is 12.5 Å². The summed E-state index contributed by atoms with van der Waals surface area (Å²) in [5.41, 5.74) is 0.762. The maximum absolute atomic E-state index is 4.37. The highest BCUT2D eigenvalue weighted by Crippen LogP contribution is 2.13. The molecular weight excluding hydrogens is 204 g/mol. The summed E-state index contributed by atoms with van der Waals surface area (Å²) in [4.78, 5) is 8.51. The molecule has 16 heavy (non-hydrogen) atoms. The Bertz CT molecular complexity index is 476. The summed E-state index contributed by atoms with van der Waals surface area (Å²) in [6.45, 7) is 4.08. The van der Waals surface area contributed by atoms with E-state index < -0.39 is 0 Å². The number of rotatable bonds is 3. The Balaban J connectivity index is 2.33. The molecule has 6 heteroatoms. The van der Waals surface area contributed by atoms with Gasteiger partial charge < -0.3 is 9.88 Å². The zero-order valence-corrected chi connectivity index (χ0v) is 9.55. The van der Waals surface area contributed by atoms with Gasteiger partial charge >= 0.3 is 0 Å². The van der Waals surface area contributed by atoms with Gasteiger partial charge in [-0.1, -0.05) is 0 Å². The van der Waals surface area contributed by atoms with Gasteiger partial charge in [-0.2, -0.15) is 0 Å². The Kier molecular flexibility index (Phi) is 2.80. The molecule has 1 N–H and O–H groups in total. The molecule has 0 aromatic carbocycles. The molecule has 0 spiro atoms. The van der Waals surface area contributed by atoms with Crippen LogP contribution in [0.2, 0.25) is 0 Å². The van der Waals surface area contributed by atoms with Gasteiger partial charge in [-0.15, -0.1) is 10.2 Å². The maximum Gasteiger partial charge on any atom is 0.223 e. The Morgan fingerprint density at radius 1 is 1.38 bits per heavy atom. The molecule has 0 aliphatic heterocycles. The van der Waals surface area contributed by atoms with Crippen LogP contribution in [-0.4, -0.2) is 30.8 Å². The van der Waals surface area contributed by atoms with Crippen molar-refractivity contribution in [2.75, 3.05) is 5.32 Å². The van der Waals surface area contributed by atoms with Gasteiger partial charge in [-0.05, 0) is 19.9 Å². The lowest BCUT2D eigenvalue weighted by Crippen LogP contribution is -2.12. The molecule has 2 aromatic heterocycles. The van der Waals surface area contributed by atoms with Gasteiger partial charge in [0.05, 0.1) is 0 Å². The van der Waals surface area contributed by atoms with Crippen molar-refractivity contribution in [3.8, 4) is 11.5 Å². The van der Waals surface area contributed by atoms with Crippen molar-refractivity contribution in [3.05, 3.63) is 18.6 Å². The first kappa shape index (κ1) is 10.5. The van der Waals surface area contributed by atoms with E-state index >= 15 is 0 Å². The van der Waals surface area contributed by atoms with Gasteiger partial charge in [0, 0.05) is 19.3 Å². The van der Waals surface area contributed by atoms with Crippen LogP contribution in [0.1, 0.15) is 13.8 Å². The highest BCUT2D eigenvalue weighted by molar-refractivity contribution is 5.50. The lowest BCUT2D eigenvalue weighted by atomic mass is 10.4. The SMILES string of the molecule is CC(C)Nc1nccc(-c2nncn2C)n1. The third kappa shape index (κ3) is 2.16. The summed E-state index contributed by atoms with van der Waals surface area (Å²) in [5, 5.41) is 11.0. The molecule has 6 nitrogen and oxygen atoms in total. The number of anilines is 1. The molecule has 0 saturated heterocycles.